The van der Waals surface area contributed by atoms with Crippen LogP contribution in [-0.4, -0.2) is 25.0 Å². The van der Waals surface area contributed by atoms with Gasteiger partial charge in [0, 0.05) is 11.4 Å². The van der Waals surface area contributed by atoms with Gasteiger partial charge in [0.25, 0.3) is 5.91 Å². The first-order valence-corrected chi connectivity index (χ1v) is 6.78. The highest BCUT2D eigenvalue weighted by molar-refractivity contribution is 5.96. The van der Waals surface area contributed by atoms with Crippen molar-refractivity contribution in [3.8, 4) is 0 Å². The van der Waals surface area contributed by atoms with Gasteiger partial charge in [-0.05, 0) is 38.1 Å². The molecule has 1 aliphatic rings. The lowest BCUT2D eigenvalue weighted by molar-refractivity contribution is 0.0926. The summed E-state index contributed by atoms with van der Waals surface area (Å²) in [5.41, 5.74) is -0.0201. The second-order valence-corrected chi connectivity index (χ2v) is 4.98. The van der Waals surface area contributed by atoms with Crippen LogP contribution in [0.2, 0.25) is 0 Å². The summed E-state index contributed by atoms with van der Waals surface area (Å²) in [6.07, 6.45) is 1.76. The summed E-state index contributed by atoms with van der Waals surface area (Å²) in [6.45, 7) is 1.77. The first-order valence-electron chi connectivity index (χ1n) is 6.78. The molecule has 1 aromatic carbocycles. The number of hydrogen-bond donors (Lipinski definition) is 2. The molecule has 104 valence electrons. The van der Waals surface area contributed by atoms with E-state index in [4.69, 9.17) is 4.42 Å². The van der Waals surface area contributed by atoms with E-state index in [9.17, 15) is 9.59 Å². The number of para-hydroxylation sites is 1. The van der Waals surface area contributed by atoms with E-state index in [1.165, 1.54) is 0 Å². The lowest BCUT2D eigenvalue weighted by Gasteiger charge is -2.23. The number of hydrogen-bond acceptors (Lipinski definition) is 4. The van der Waals surface area contributed by atoms with E-state index in [0.717, 1.165) is 31.3 Å². The van der Waals surface area contributed by atoms with Crippen LogP contribution in [0.5, 0.6) is 0 Å². The van der Waals surface area contributed by atoms with Crippen molar-refractivity contribution in [2.45, 2.75) is 18.9 Å². The smallest absolute Gasteiger partial charge is 0.349 e. The van der Waals surface area contributed by atoms with Crippen molar-refractivity contribution in [2.75, 3.05) is 13.1 Å². The minimum atomic E-state index is -0.588. The fraction of sp³-hybridized carbons (Fsp3) is 0.333. The molecule has 1 saturated heterocycles. The quantitative estimate of drug-likeness (QED) is 0.808. The summed E-state index contributed by atoms with van der Waals surface area (Å²) in [7, 11) is 0. The molecule has 0 radical (unpaired) electrons. The predicted molar refractivity (Wildman–Crippen MR) is 75.8 cm³/mol. The van der Waals surface area contributed by atoms with Gasteiger partial charge >= 0.3 is 5.63 Å². The van der Waals surface area contributed by atoms with Crippen molar-refractivity contribution in [3.05, 3.63) is 46.3 Å². The Labute approximate surface area is 116 Å². The SMILES string of the molecule is O=C(NC1CCNCC1)c1cc2ccccc2oc1=O. The Kier molecular flexibility index (Phi) is 3.52. The third kappa shape index (κ3) is 2.58. The zero-order valence-corrected chi connectivity index (χ0v) is 11.0. The average Bonchev–Trinajstić information content (AvgIpc) is 2.47. The zero-order valence-electron chi connectivity index (χ0n) is 11.0. The van der Waals surface area contributed by atoms with Gasteiger partial charge in [0.15, 0.2) is 0 Å². The van der Waals surface area contributed by atoms with Gasteiger partial charge in [-0.15, -0.1) is 0 Å². The van der Waals surface area contributed by atoms with E-state index in [1.54, 1.807) is 18.2 Å². The highest BCUT2D eigenvalue weighted by Crippen LogP contribution is 2.13. The van der Waals surface area contributed by atoms with E-state index in [2.05, 4.69) is 10.6 Å². The Hall–Kier alpha value is -2.14. The highest BCUT2D eigenvalue weighted by atomic mass is 16.4. The Morgan fingerprint density at radius 2 is 2.00 bits per heavy atom. The molecule has 0 saturated carbocycles. The molecule has 1 aliphatic heterocycles. The number of fused-ring (bicyclic) bond motifs is 1. The first kappa shape index (κ1) is 12.9. The lowest BCUT2D eigenvalue weighted by atomic mass is 10.1. The Bertz CT molecular complexity index is 687. The zero-order chi connectivity index (χ0) is 13.9. The first-order chi connectivity index (χ1) is 9.74. The summed E-state index contributed by atoms with van der Waals surface area (Å²) in [5.74, 6) is -0.351. The topological polar surface area (TPSA) is 71.3 Å². The van der Waals surface area contributed by atoms with Gasteiger partial charge in [0.1, 0.15) is 11.1 Å². The van der Waals surface area contributed by atoms with Gasteiger partial charge in [-0.25, -0.2) is 4.79 Å². The second kappa shape index (κ2) is 5.46. The normalized spacial score (nSPS) is 16.2. The maximum absolute atomic E-state index is 12.2. The van der Waals surface area contributed by atoms with Crippen molar-refractivity contribution in [1.82, 2.24) is 10.6 Å². The summed E-state index contributed by atoms with van der Waals surface area (Å²) in [4.78, 5) is 24.1. The molecule has 0 spiro atoms. The maximum atomic E-state index is 12.2. The summed E-state index contributed by atoms with van der Waals surface area (Å²) in [5, 5.41) is 6.89. The molecule has 5 heteroatoms. The van der Waals surface area contributed by atoms with Crippen LogP contribution in [0.4, 0.5) is 0 Å². The fourth-order valence-corrected chi connectivity index (χ4v) is 2.45. The van der Waals surface area contributed by atoms with Crippen LogP contribution >= 0.6 is 0 Å². The fourth-order valence-electron chi connectivity index (χ4n) is 2.45. The van der Waals surface area contributed by atoms with Gasteiger partial charge < -0.3 is 15.1 Å². The van der Waals surface area contributed by atoms with Gasteiger partial charge in [-0.3, -0.25) is 4.79 Å². The molecule has 0 aliphatic carbocycles. The number of carbonyl (C=O) groups is 1. The van der Waals surface area contributed by atoms with E-state index in [0.29, 0.717) is 5.58 Å². The third-order valence-electron chi connectivity index (χ3n) is 3.56. The minimum absolute atomic E-state index is 0.0715. The Morgan fingerprint density at radius 1 is 1.25 bits per heavy atom. The van der Waals surface area contributed by atoms with E-state index in [-0.39, 0.29) is 17.5 Å². The van der Waals surface area contributed by atoms with Crippen LogP contribution in [-0.2, 0) is 0 Å². The van der Waals surface area contributed by atoms with Crippen LogP contribution in [0.15, 0.2) is 39.5 Å². The molecule has 0 atom stereocenters. The standard InChI is InChI=1S/C15H16N2O3/c18-14(17-11-5-7-16-8-6-11)12-9-10-3-1-2-4-13(10)20-15(12)19/h1-4,9,11,16H,5-8H2,(H,17,18). The van der Waals surface area contributed by atoms with Gasteiger partial charge in [0.2, 0.25) is 0 Å². The van der Waals surface area contributed by atoms with Crippen LogP contribution in [0.3, 0.4) is 0 Å². The molecule has 2 N–H and O–H groups in total. The summed E-state index contributed by atoms with van der Waals surface area (Å²) < 4.78 is 5.17. The van der Waals surface area contributed by atoms with Crippen molar-refractivity contribution in [1.29, 1.82) is 0 Å². The van der Waals surface area contributed by atoms with Gasteiger partial charge in [-0.2, -0.15) is 0 Å². The van der Waals surface area contributed by atoms with E-state index in [1.807, 2.05) is 12.1 Å². The van der Waals surface area contributed by atoms with Gasteiger partial charge in [-0.1, -0.05) is 18.2 Å². The molecule has 1 amide bonds. The highest BCUT2D eigenvalue weighted by Gasteiger charge is 2.19. The number of carbonyl (C=O) groups excluding carboxylic acids is 1. The third-order valence-corrected chi connectivity index (χ3v) is 3.56. The second-order valence-electron chi connectivity index (χ2n) is 4.98. The number of piperidine rings is 1. The van der Waals surface area contributed by atoms with Crippen molar-refractivity contribution < 1.29 is 9.21 Å². The maximum Gasteiger partial charge on any atom is 0.349 e. The van der Waals surface area contributed by atoms with Crippen LogP contribution in [0.1, 0.15) is 23.2 Å². The molecule has 3 rings (SSSR count). The average molecular weight is 272 g/mol. The number of amides is 1. The summed E-state index contributed by atoms with van der Waals surface area (Å²) in [6, 6.07) is 8.88. The van der Waals surface area contributed by atoms with Crippen molar-refractivity contribution >= 4 is 16.9 Å². The summed E-state index contributed by atoms with van der Waals surface area (Å²) >= 11 is 0. The van der Waals surface area contributed by atoms with Crippen LogP contribution < -0.4 is 16.3 Å². The number of nitrogens with one attached hydrogen (secondary N) is 2. The molecule has 2 heterocycles. The van der Waals surface area contributed by atoms with E-state index < -0.39 is 5.63 Å². The molecular weight excluding hydrogens is 256 g/mol. The monoisotopic (exact) mass is 272 g/mol. The molecule has 0 bridgehead atoms. The molecule has 1 fully saturated rings. The van der Waals surface area contributed by atoms with Gasteiger partial charge in [0.05, 0.1) is 0 Å². The van der Waals surface area contributed by atoms with Crippen LogP contribution in [0, 0.1) is 0 Å². The largest absolute Gasteiger partial charge is 0.422 e. The Morgan fingerprint density at radius 3 is 2.80 bits per heavy atom. The van der Waals surface area contributed by atoms with Crippen LogP contribution in [0.25, 0.3) is 11.0 Å². The molecule has 5 nitrogen and oxygen atoms in total. The predicted octanol–water partition coefficient (Wildman–Crippen LogP) is 1.27. The van der Waals surface area contributed by atoms with E-state index >= 15 is 0 Å². The molecule has 0 unspecified atom stereocenters. The number of benzene rings is 1. The minimum Gasteiger partial charge on any atom is -0.422 e. The molecule has 1 aromatic heterocycles. The molecule has 2 aromatic rings. The Balaban J connectivity index is 1.87. The molecular formula is C15H16N2O3. The van der Waals surface area contributed by atoms with Crippen molar-refractivity contribution in [2.24, 2.45) is 0 Å². The number of rotatable bonds is 2. The van der Waals surface area contributed by atoms with Crippen molar-refractivity contribution in [3.63, 3.8) is 0 Å². The lowest BCUT2D eigenvalue weighted by Crippen LogP contribution is -2.43. The molecule has 20 heavy (non-hydrogen) atoms.